The van der Waals surface area contributed by atoms with E-state index in [4.69, 9.17) is 11.6 Å². The zero-order valence-corrected chi connectivity index (χ0v) is 18.4. The van der Waals surface area contributed by atoms with Gasteiger partial charge in [0.25, 0.3) is 5.91 Å². The summed E-state index contributed by atoms with van der Waals surface area (Å²) >= 11 is 8.94. The minimum Gasteiger partial charge on any atom is -0.298 e. The van der Waals surface area contributed by atoms with Gasteiger partial charge in [-0.05, 0) is 54.5 Å². The van der Waals surface area contributed by atoms with Crippen LogP contribution >= 0.6 is 34.3 Å². The van der Waals surface area contributed by atoms with E-state index >= 15 is 0 Å². The number of fused-ring (bicyclic) bond motifs is 1. The van der Waals surface area contributed by atoms with Crippen molar-refractivity contribution in [1.29, 1.82) is 0 Å². The number of benzene rings is 1. The van der Waals surface area contributed by atoms with Gasteiger partial charge in [0.1, 0.15) is 0 Å². The van der Waals surface area contributed by atoms with Gasteiger partial charge in [-0.15, -0.1) is 22.7 Å². The molecule has 0 fully saturated rings. The van der Waals surface area contributed by atoms with Crippen molar-refractivity contribution >= 4 is 45.3 Å². The zero-order chi connectivity index (χ0) is 21.5. The highest BCUT2D eigenvalue weighted by Gasteiger charge is 2.31. The van der Waals surface area contributed by atoms with Crippen molar-refractivity contribution in [3.8, 4) is 0 Å². The summed E-state index contributed by atoms with van der Waals surface area (Å²) in [5.74, 6) is 0.441. The number of carbonyl (C=O) groups is 1. The molecule has 3 nitrogen and oxygen atoms in total. The van der Waals surface area contributed by atoms with E-state index in [2.05, 4.69) is 17.2 Å². The quantitative estimate of drug-likeness (QED) is 0.453. The van der Waals surface area contributed by atoms with Crippen LogP contribution in [0.1, 0.15) is 50.1 Å². The largest absolute Gasteiger partial charge is 0.416 e. The Hall–Kier alpha value is -1.90. The molecule has 1 aliphatic carbocycles. The molecule has 0 saturated carbocycles. The van der Waals surface area contributed by atoms with E-state index < -0.39 is 11.7 Å². The lowest BCUT2D eigenvalue weighted by molar-refractivity contribution is -0.137. The number of nitrogens with one attached hydrogen (secondary N) is 1. The van der Waals surface area contributed by atoms with Crippen LogP contribution in [0.3, 0.4) is 0 Å². The van der Waals surface area contributed by atoms with Crippen LogP contribution in [0.5, 0.6) is 0 Å². The minimum atomic E-state index is -4.43. The Kier molecular flexibility index (Phi) is 5.92. The number of carbonyl (C=O) groups excluding carboxylic acids is 1. The van der Waals surface area contributed by atoms with Crippen LogP contribution in [0, 0.1) is 5.92 Å². The lowest BCUT2D eigenvalue weighted by Gasteiger charge is -2.18. The monoisotopic (exact) mass is 470 g/mol. The van der Waals surface area contributed by atoms with Crippen LogP contribution < -0.4 is 5.32 Å². The number of hydrogen-bond acceptors (Lipinski definition) is 4. The first kappa shape index (κ1) is 21.3. The molecule has 3 aromatic rings. The normalized spacial score (nSPS) is 16.4. The molecule has 1 atom stereocenters. The van der Waals surface area contributed by atoms with E-state index in [1.165, 1.54) is 22.3 Å². The molecule has 0 unspecified atom stereocenters. The number of anilines is 1. The third-order valence-electron chi connectivity index (χ3n) is 5.16. The minimum absolute atomic E-state index is 0.194. The second-order valence-corrected chi connectivity index (χ2v) is 9.95. The third-order valence-corrected chi connectivity index (χ3v) is 7.49. The summed E-state index contributed by atoms with van der Waals surface area (Å²) in [4.78, 5) is 18.9. The number of thiazole rings is 1. The fourth-order valence-corrected chi connectivity index (χ4v) is 5.81. The van der Waals surface area contributed by atoms with E-state index in [9.17, 15) is 18.0 Å². The molecular weight excluding hydrogens is 453 g/mol. The Labute approximate surface area is 184 Å². The van der Waals surface area contributed by atoms with Crippen molar-refractivity contribution in [3.63, 3.8) is 0 Å². The molecule has 2 aromatic heterocycles. The summed E-state index contributed by atoms with van der Waals surface area (Å²) in [7, 11) is 0. The van der Waals surface area contributed by atoms with E-state index in [0.717, 1.165) is 37.0 Å². The molecule has 158 valence electrons. The Morgan fingerprint density at radius 1 is 1.37 bits per heavy atom. The van der Waals surface area contributed by atoms with Gasteiger partial charge < -0.3 is 0 Å². The van der Waals surface area contributed by atoms with Crippen molar-refractivity contribution in [2.45, 2.75) is 38.8 Å². The van der Waals surface area contributed by atoms with E-state index in [-0.39, 0.29) is 17.4 Å². The van der Waals surface area contributed by atoms with Crippen molar-refractivity contribution in [2.24, 2.45) is 5.92 Å². The highest BCUT2D eigenvalue weighted by atomic mass is 35.5. The van der Waals surface area contributed by atoms with Crippen molar-refractivity contribution in [2.75, 3.05) is 5.32 Å². The van der Waals surface area contributed by atoms with Gasteiger partial charge in [-0.3, -0.25) is 10.1 Å². The van der Waals surface area contributed by atoms with Gasteiger partial charge in [-0.1, -0.05) is 18.5 Å². The number of aromatic nitrogens is 1. The molecule has 0 saturated heterocycles. The van der Waals surface area contributed by atoms with Crippen LogP contribution in [0.25, 0.3) is 0 Å². The molecule has 4 rings (SSSR count). The highest BCUT2D eigenvalue weighted by Crippen LogP contribution is 2.35. The van der Waals surface area contributed by atoms with Crippen LogP contribution in [-0.4, -0.2) is 10.9 Å². The first-order valence-electron chi connectivity index (χ1n) is 9.41. The van der Waals surface area contributed by atoms with E-state index in [1.54, 1.807) is 17.5 Å². The average Bonchev–Trinajstić information content (AvgIpc) is 3.29. The third kappa shape index (κ3) is 4.55. The summed E-state index contributed by atoms with van der Waals surface area (Å²) in [6.45, 7) is 2.22. The molecule has 1 amide bonds. The molecule has 0 bridgehead atoms. The average molecular weight is 471 g/mol. The molecule has 0 aliphatic heterocycles. The number of amides is 1. The smallest absolute Gasteiger partial charge is 0.298 e. The first-order valence-corrected chi connectivity index (χ1v) is 11.5. The van der Waals surface area contributed by atoms with Gasteiger partial charge in [-0.25, -0.2) is 4.98 Å². The molecule has 0 spiro atoms. The lowest BCUT2D eigenvalue weighted by atomic mass is 9.88. The maximum atomic E-state index is 13.0. The highest BCUT2D eigenvalue weighted by molar-refractivity contribution is 7.15. The number of alkyl halides is 3. The van der Waals surface area contributed by atoms with Crippen LogP contribution in [-0.2, 0) is 25.4 Å². The Balaban J connectivity index is 1.47. The van der Waals surface area contributed by atoms with Gasteiger partial charge >= 0.3 is 6.18 Å². The summed E-state index contributed by atoms with van der Waals surface area (Å²) < 4.78 is 38.9. The van der Waals surface area contributed by atoms with E-state index in [0.29, 0.717) is 27.1 Å². The van der Waals surface area contributed by atoms with E-state index in [1.807, 2.05) is 5.38 Å². The fourth-order valence-electron chi connectivity index (χ4n) is 3.55. The fraction of sp³-hybridized carbons (Fsp3) is 0.333. The summed E-state index contributed by atoms with van der Waals surface area (Å²) in [5, 5.41) is 5.41. The molecule has 2 heterocycles. The zero-order valence-electron chi connectivity index (χ0n) is 16.0. The number of hydrogen-bond donors (Lipinski definition) is 1. The Bertz CT molecular complexity index is 1090. The van der Waals surface area contributed by atoms with Gasteiger partial charge in [0.2, 0.25) is 0 Å². The number of nitrogens with zero attached hydrogens (tertiary/aromatic N) is 1. The summed E-state index contributed by atoms with van der Waals surface area (Å²) in [6, 6.07) is 3.27. The molecule has 1 N–H and O–H groups in total. The second kappa shape index (κ2) is 8.32. The second-order valence-electron chi connectivity index (χ2n) is 7.47. The van der Waals surface area contributed by atoms with Crippen LogP contribution in [0.15, 0.2) is 29.8 Å². The van der Waals surface area contributed by atoms with Gasteiger partial charge in [0.15, 0.2) is 5.13 Å². The Morgan fingerprint density at radius 2 is 2.17 bits per heavy atom. The van der Waals surface area contributed by atoms with Gasteiger partial charge in [-0.2, -0.15) is 13.2 Å². The number of rotatable bonds is 4. The standard InChI is InChI=1S/C21H18ClF3N2OS2/c1-11-2-4-15-16(10-29-18(15)6-11)19(28)27-20-26-9-14(30-20)8-12-7-13(21(23,24)25)3-5-17(12)22/h3,5,7,9-11H,2,4,6,8H2,1H3,(H,26,27,28)/t11-/m0/s1. The molecule has 9 heteroatoms. The first-order chi connectivity index (χ1) is 14.2. The predicted molar refractivity (Wildman–Crippen MR) is 115 cm³/mol. The maximum Gasteiger partial charge on any atom is 0.416 e. The molecule has 1 aromatic carbocycles. The van der Waals surface area contributed by atoms with Crippen LogP contribution in [0.4, 0.5) is 18.3 Å². The Morgan fingerprint density at radius 3 is 2.93 bits per heavy atom. The summed E-state index contributed by atoms with van der Waals surface area (Å²) in [5.41, 5.74) is 1.45. The topological polar surface area (TPSA) is 42.0 Å². The number of halogens is 4. The predicted octanol–water partition coefficient (Wildman–Crippen LogP) is 6.84. The van der Waals surface area contributed by atoms with Gasteiger partial charge in [0.05, 0.1) is 11.1 Å². The summed E-state index contributed by atoms with van der Waals surface area (Å²) in [6.07, 6.45) is 0.322. The van der Waals surface area contributed by atoms with Crippen molar-refractivity contribution in [1.82, 2.24) is 4.98 Å². The molecule has 30 heavy (non-hydrogen) atoms. The van der Waals surface area contributed by atoms with Crippen molar-refractivity contribution < 1.29 is 18.0 Å². The molecule has 1 aliphatic rings. The maximum absolute atomic E-state index is 13.0. The number of thiophene rings is 1. The molecule has 0 radical (unpaired) electrons. The van der Waals surface area contributed by atoms with Crippen LogP contribution in [0.2, 0.25) is 5.02 Å². The van der Waals surface area contributed by atoms with Crippen molar-refractivity contribution in [3.05, 3.63) is 66.8 Å². The molecular formula is C21H18ClF3N2OS2. The lowest BCUT2D eigenvalue weighted by Crippen LogP contribution is -2.16. The SMILES string of the molecule is C[C@H]1CCc2c(C(=O)Nc3ncc(Cc4cc(C(F)(F)F)ccc4Cl)s3)csc2C1. The van der Waals surface area contributed by atoms with Gasteiger partial charge in [0, 0.05) is 32.8 Å².